The van der Waals surface area contributed by atoms with Gasteiger partial charge in [-0.15, -0.1) is 0 Å². The topological polar surface area (TPSA) is 89.6 Å². The van der Waals surface area contributed by atoms with Gasteiger partial charge in [-0.2, -0.15) is 5.26 Å². The second-order valence-electron chi connectivity index (χ2n) is 8.38. The first-order chi connectivity index (χ1) is 15.4. The van der Waals surface area contributed by atoms with Gasteiger partial charge >= 0.3 is 6.09 Å². The number of hydrogen-bond donors (Lipinski definition) is 1. The second kappa shape index (κ2) is 7.57. The average molecular weight is 449 g/mol. The maximum Gasteiger partial charge on any atom is 0.407 e. The predicted molar refractivity (Wildman–Crippen MR) is 121 cm³/mol. The van der Waals surface area contributed by atoms with E-state index in [-0.39, 0.29) is 19.0 Å². The van der Waals surface area contributed by atoms with E-state index in [1.807, 2.05) is 48.5 Å². The van der Waals surface area contributed by atoms with Crippen LogP contribution in [0.3, 0.4) is 0 Å². The molecule has 1 spiro atoms. The number of fused-ring (bicyclic) bond motifs is 3. The van der Waals surface area contributed by atoms with E-state index >= 15 is 0 Å². The van der Waals surface area contributed by atoms with Gasteiger partial charge in [0.2, 0.25) is 5.91 Å². The molecule has 2 aliphatic rings. The minimum absolute atomic E-state index is 0.0666. The van der Waals surface area contributed by atoms with Crippen LogP contribution in [0.5, 0.6) is 0 Å². The Bertz CT molecular complexity index is 1290. The van der Waals surface area contributed by atoms with Gasteiger partial charge in [-0.25, -0.2) is 4.79 Å². The number of carbonyl (C=O) groups is 2. The number of aromatic nitrogens is 1. The number of para-hydroxylation sites is 1. The third kappa shape index (κ3) is 3.02. The van der Waals surface area contributed by atoms with Crippen molar-refractivity contribution in [3.05, 3.63) is 64.8 Å². The van der Waals surface area contributed by atoms with Crippen LogP contribution in [0.1, 0.15) is 24.1 Å². The van der Waals surface area contributed by atoms with Gasteiger partial charge < -0.3 is 19.5 Å². The molecule has 8 heteroatoms. The van der Waals surface area contributed by atoms with E-state index in [1.165, 1.54) is 4.90 Å². The summed E-state index contributed by atoms with van der Waals surface area (Å²) in [7, 11) is 0. The number of rotatable bonds is 5. The Morgan fingerprint density at radius 2 is 1.97 bits per heavy atom. The highest BCUT2D eigenvalue weighted by Crippen LogP contribution is 2.48. The van der Waals surface area contributed by atoms with Crippen molar-refractivity contribution in [2.45, 2.75) is 31.3 Å². The molecule has 1 saturated heterocycles. The monoisotopic (exact) mass is 448 g/mol. The summed E-state index contributed by atoms with van der Waals surface area (Å²) >= 11 is 6.20. The number of hydrogen-bond acceptors (Lipinski definition) is 3. The largest absolute Gasteiger partial charge is 0.465 e. The number of carboxylic acid groups (broad SMARTS) is 1. The summed E-state index contributed by atoms with van der Waals surface area (Å²) in [6.07, 6.45) is 0.151. The number of likely N-dealkylation sites (tertiary alicyclic amines) is 1. The number of nitriles is 1. The molecule has 3 aromatic rings. The highest BCUT2D eigenvalue weighted by atomic mass is 35.5. The zero-order chi connectivity index (χ0) is 22.5. The molecule has 2 amide bonds. The minimum atomic E-state index is -1.01. The molecule has 162 valence electrons. The van der Waals surface area contributed by atoms with Crippen LogP contribution in [-0.4, -0.2) is 39.7 Å². The van der Waals surface area contributed by atoms with Crippen molar-refractivity contribution in [1.29, 1.82) is 5.26 Å². The molecule has 2 aromatic carbocycles. The maximum absolute atomic E-state index is 13.6. The molecule has 0 aliphatic carbocycles. The van der Waals surface area contributed by atoms with Gasteiger partial charge in [-0.1, -0.05) is 29.8 Å². The van der Waals surface area contributed by atoms with E-state index in [0.29, 0.717) is 31.0 Å². The number of anilines is 1. The number of carbonyl (C=O) groups excluding carboxylic acids is 1. The molecule has 1 fully saturated rings. The van der Waals surface area contributed by atoms with Gasteiger partial charge in [0.05, 0.1) is 12.6 Å². The van der Waals surface area contributed by atoms with E-state index in [9.17, 15) is 14.7 Å². The van der Waals surface area contributed by atoms with Crippen LogP contribution in [0.15, 0.2) is 48.5 Å². The van der Waals surface area contributed by atoms with Crippen molar-refractivity contribution in [1.82, 2.24) is 9.47 Å². The van der Waals surface area contributed by atoms with Crippen molar-refractivity contribution in [2.75, 3.05) is 18.0 Å². The fraction of sp³-hybridized carbons (Fsp3) is 0.292. The van der Waals surface area contributed by atoms with E-state index in [0.717, 1.165) is 27.8 Å². The fourth-order valence-corrected chi connectivity index (χ4v) is 5.15. The lowest BCUT2D eigenvalue weighted by molar-refractivity contribution is -0.128. The first-order valence-corrected chi connectivity index (χ1v) is 10.9. The SMILES string of the molecule is N#CCCCn1c(CN2C(=O)C3(CN(C(=O)O)C3)c3ccccc32)cc2cc(Cl)ccc21. The zero-order valence-electron chi connectivity index (χ0n) is 17.3. The van der Waals surface area contributed by atoms with Crippen LogP contribution in [0.4, 0.5) is 10.5 Å². The van der Waals surface area contributed by atoms with Gasteiger partial charge in [0.25, 0.3) is 0 Å². The van der Waals surface area contributed by atoms with Gasteiger partial charge in [-0.05, 0) is 42.3 Å². The molecule has 5 rings (SSSR count). The molecule has 0 atom stereocenters. The number of nitrogens with zero attached hydrogens (tertiary/aromatic N) is 4. The Kier molecular flexibility index (Phi) is 4.83. The summed E-state index contributed by atoms with van der Waals surface area (Å²) in [5, 5.41) is 19.9. The summed E-state index contributed by atoms with van der Waals surface area (Å²) in [6, 6.07) is 17.6. The van der Waals surface area contributed by atoms with Gasteiger partial charge in [0.15, 0.2) is 0 Å². The summed E-state index contributed by atoms with van der Waals surface area (Å²) < 4.78 is 2.15. The molecule has 2 aliphatic heterocycles. The van der Waals surface area contributed by atoms with E-state index in [4.69, 9.17) is 16.9 Å². The third-order valence-corrected chi connectivity index (χ3v) is 6.73. The van der Waals surface area contributed by atoms with Gasteiger partial charge in [-0.3, -0.25) is 4.79 Å². The molecular weight excluding hydrogens is 428 g/mol. The van der Waals surface area contributed by atoms with E-state index in [2.05, 4.69) is 10.6 Å². The lowest BCUT2D eigenvalue weighted by Crippen LogP contribution is -2.65. The van der Waals surface area contributed by atoms with Crippen molar-refractivity contribution >= 4 is 40.2 Å². The molecule has 1 N–H and O–H groups in total. The van der Waals surface area contributed by atoms with Crippen LogP contribution in [0.25, 0.3) is 10.9 Å². The number of benzene rings is 2. The van der Waals surface area contributed by atoms with Crippen molar-refractivity contribution in [3.63, 3.8) is 0 Å². The predicted octanol–water partition coefficient (Wildman–Crippen LogP) is 4.38. The van der Waals surface area contributed by atoms with Crippen molar-refractivity contribution in [3.8, 4) is 6.07 Å². The Morgan fingerprint density at radius 3 is 2.72 bits per heavy atom. The maximum atomic E-state index is 13.6. The first kappa shape index (κ1) is 20.4. The molecule has 0 unspecified atom stereocenters. The molecule has 1 aromatic heterocycles. The Hall–Kier alpha value is -3.50. The Labute approximate surface area is 190 Å². The van der Waals surface area contributed by atoms with Crippen molar-refractivity contribution < 1.29 is 14.7 Å². The fourth-order valence-electron chi connectivity index (χ4n) is 4.97. The first-order valence-electron chi connectivity index (χ1n) is 10.5. The summed E-state index contributed by atoms with van der Waals surface area (Å²) in [4.78, 5) is 28.0. The van der Waals surface area contributed by atoms with E-state index in [1.54, 1.807) is 4.90 Å². The van der Waals surface area contributed by atoms with Crippen LogP contribution in [-0.2, 0) is 23.3 Å². The van der Waals surface area contributed by atoms with Crippen LogP contribution >= 0.6 is 11.6 Å². The zero-order valence-corrected chi connectivity index (χ0v) is 18.0. The van der Waals surface area contributed by atoms with Crippen LogP contribution in [0, 0.1) is 11.3 Å². The summed E-state index contributed by atoms with van der Waals surface area (Å²) in [5.74, 6) is -0.0666. The number of halogens is 1. The molecule has 0 saturated carbocycles. The van der Waals surface area contributed by atoms with E-state index < -0.39 is 11.5 Å². The highest BCUT2D eigenvalue weighted by Gasteiger charge is 2.59. The van der Waals surface area contributed by atoms with Crippen molar-refractivity contribution in [2.24, 2.45) is 0 Å². The standard InChI is InChI=1S/C24H21ClN4O3/c25-17-7-8-20-16(11-17)12-18(28(20)10-4-3-9-26)13-29-21-6-2-1-5-19(21)24(22(29)30)14-27(15-24)23(31)32/h1-2,5-8,11-12H,3-4,10,13-15H2,(H,31,32). The second-order valence-corrected chi connectivity index (χ2v) is 8.82. The summed E-state index contributed by atoms with van der Waals surface area (Å²) in [6.45, 7) is 1.38. The highest BCUT2D eigenvalue weighted by molar-refractivity contribution is 6.31. The Balaban J connectivity index is 1.53. The van der Waals surface area contributed by atoms with Gasteiger partial charge in [0, 0.05) is 53.4 Å². The molecule has 7 nitrogen and oxygen atoms in total. The smallest absolute Gasteiger partial charge is 0.407 e. The quantitative estimate of drug-likeness (QED) is 0.586. The number of unbranched alkanes of at least 4 members (excludes halogenated alkanes) is 1. The average Bonchev–Trinajstić information content (AvgIpc) is 3.19. The number of aryl methyl sites for hydroxylation is 1. The molecule has 0 bridgehead atoms. The molecule has 32 heavy (non-hydrogen) atoms. The molecular formula is C24H21ClN4O3. The lowest BCUT2D eigenvalue weighted by atomic mass is 9.75. The van der Waals surface area contributed by atoms with Gasteiger partial charge in [0.1, 0.15) is 5.41 Å². The third-order valence-electron chi connectivity index (χ3n) is 6.50. The normalized spacial score (nSPS) is 16.3. The lowest BCUT2D eigenvalue weighted by Gasteiger charge is -2.45. The molecule has 0 radical (unpaired) electrons. The minimum Gasteiger partial charge on any atom is -0.465 e. The molecule has 3 heterocycles. The Morgan fingerprint density at radius 1 is 1.19 bits per heavy atom. The number of amides is 2. The summed E-state index contributed by atoms with van der Waals surface area (Å²) in [5.41, 5.74) is 2.87. The van der Waals surface area contributed by atoms with Crippen LogP contribution in [0.2, 0.25) is 5.02 Å². The van der Waals surface area contributed by atoms with Crippen LogP contribution < -0.4 is 4.90 Å².